The number of aromatic hydroxyl groups is 1. The van der Waals surface area contributed by atoms with Gasteiger partial charge in [0.15, 0.2) is 0 Å². The van der Waals surface area contributed by atoms with Crippen LogP contribution in [-0.4, -0.2) is 72.2 Å². The zero-order valence-corrected chi connectivity index (χ0v) is 24.0. The van der Waals surface area contributed by atoms with Crippen molar-refractivity contribution in [1.29, 1.82) is 0 Å². The van der Waals surface area contributed by atoms with Crippen molar-refractivity contribution in [2.24, 2.45) is 17.1 Å². The Morgan fingerprint density at radius 1 is 1.02 bits per heavy atom. The van der Waals surface area contributed by atoms with Crippen LogP contribution in [0.2, 0.25) is 0 Å². The molecular formula is C33H42N4O5. The molecule has 224 valence electrons. The van der Waals surface area contributed by atoms with Crippen molar-refractivity contribution in [2.75, 3.05) is 26.3 Å². The summed E-state index contributed by atoms with van der Waals surface area (Å²) < 4.78 is 5.59. The molecule has 5 N–H and O–H groups in total. The van der Waals surface area contributed by atoms with Crippen LogP contribution in [0.15, 0.2) is 66.7 Å². The Bertz CT molecular complexity index is 1260. The van der Waals surface area contributed by atoms with E-state index in [1.54, 1.807) is 24.3 Å². The van der Waals surface area contributed by atoms with Crippen molar-refractivity contribution >= 4 is 17.7 Å². The average Bonchev–Trinajstić information content (AvgIpc) is 3.00. The average molecular weight is 575 g/mol. The monoisotopic (exact) mass is 574 g/mol. The van der Waals surface area contributed by atoms with Gasteiger partial charge in [-0.05, 0) is 61.8 Å². The fourth-order valence-electron chi connectivity index (χ4n) is 6.39. The minimum absolute atomic E-state index is 0.0157. The molecule has 3 heterocycles. The van der Waals surface area contributed by atoms with Gasteiger partial charge in [-0.3, -0.25) is 14.4 Å². The Labute approximate surface area is 247 Å². The van der Waals surface area contributed by atoms with Crippen LogP contribution in [-0.2, 0) is 32.0 Å². The Hall–Kier alpha value is -3.69. The number of ether oxygens (including phenoxy) is 1. The maximum Gasteiger partial charge on any atom is 0.243 e. The van der Waals surface area contributed by atoms with Crippen LogP contribution in [0, 0.1) is 11.3 Å². The van der Waals surface area contributed by atoms with Crippen LogP contribution >= 0.6 is 0 Å². The maximum absolute atomic E-state index is 13.8. The summed E-state index contributed by atoms with van der Waals surface area (Å²) in [5, 5.41) is 15.9. The van der Waals surface area contributed by atoms with E-state index in [0.717, 1.165) is 11.1 Å². The second kappa shape index (κ2) is 13.5. The molecular weight excluding hydrogens is 532 g/mol. The van der Waals surface area contributed by atoms with E-state index in [1.165, 1.54) is 0 Å². The maximum atomic E-state index is 13.8. The molecule has 0 bridgehead atoms. The lowest BCUT2D eigenvalue weighted by Crippen LogP contribution is -2.59. The van der Waals surface area contributed by atoms with Gasteiger partial charge in [0.25, 0.3) is 0 Å². The largest absolute Gasteiger partial charge is 0.508 e. The van der Waals surface area contributed by atoms with Gasteiger partial charge in [-0.15, -0.1) is 0 Å². The van der Waals surface area contributed by atoms with Crippen molar-refractivity contribution in [3.8, 4) is 5.75 Å². The summed E-state index contributed by atoms with van der Waals surface area (Å²) in [5.41, 5.74) is 7.60. The van der Waals surface area contributed by atoms with E-state index < -0.39 is 17.5 Å². The molecule has 2 fully saturated rings. The van der Waals surface area contributed by atoms with Gasteiger partial charge in [0.1, 0.15) is 11.8 Å². The number of piperidine rings is 1. The van der Waals surface area contributed by atoms with Crippen molar-refractivity contribution in [2.45, 2.75) is 63.1 Å². The smallest absolute Gasteiger partial charge is 0.243 e. The van der Waals surface area contributed by atoms with Gasteiger partial charge in [-0.25, -0.2) is 0 Å². The molecule has 4 atom stereocenters. The molecule has 9 nitrogen and oxygen atoms in total. The van der Waals surface area contributed by atoms with Crippen LogP contribution in [0.25, 0.3) is 0 Å². The molecule has 5 rings (SSSR count). The summed E-state index contributed by atoms with van der Waals surface area (Å²) in [6, 6.07) is 14.9. The Morgan fingerprint density at radius 2 is 1.76 bits per heavy atom. The van der Waals surface area contributed by atoms with E-state index in [2.05, 4.69) is 22.8 Å². The van der Waals surface area contributed by atoms with Crippen molar-refractivity contribution in [3.63, 3.8) is 0 Å². The molecule has 3 amide bonds. The SMILES string of the molecule is N[C@@H](Cc1ccc(O)cc1)C(=O)N1CC[C@H]2NC(=O)[C@H](Cc3ccccc3)NC(=O)C3(C/C=C/C[C@H]2C1)CCOCC3. The minimum atomic E-state index is -0.706. The summed E-state index contributed by atoms with van der Waals surface area (Å²) in [6.45, 7) is 2.02. The van der Waals surface area contributed by atoms with E-state index in [4.69, 9.17) is 10.5 Å². The summed E-state index contributed by atoms with van der Waals surface area (Å²) in [6.07, 6.45) is 8.05. The van der Waals surface area contributed by atoms with E-state index >= 15 is 0 Å². The summed E-state index contributed by atoms with van der Waals surface area (Å²) in [5.74, 6) is -0.212. The van der Waals surface area contributed by atoms with Crippen molar-refractivity contribution in [1.82, 2.24) is 15.5 Å². The third-order valence-corrected chi connectivity index (χ3v) is 9.03. The molecule has 2 aromatic rings. The molecule has 42 heavy (non-hydrogen) atoms. The third kappa shape index (κ3) is 7.20. The van der Waals surface area contributed by atoms with Crippen LogP contribution in [0.1, 0.15) is 43.2 Å². The number of hydrogen-bond acceptors (Lipinski definition) is 6. The van der Waals surface area contributed by atoms with Crippen LogP contribution in [0.5, 0.6) is 5.75 Å². The van der Waals surface area contributed by atoms with Crippen LogP contribution in [0.4, 0.5) is 0 Å². The molecule has 1 spiro atoms. The number of carbonyl (C=O) groups is 3. The minimum Gasteiger partial charge on any atom is -0.508 e. The zero-order chi connectivity index (χ0) is 29.5. The first kappa shape index (κ1) is 29.8. The molecule has 0 unspecified atom stereocenters. The summed E-state index contributed by atoms with van der Waals surface area (Å²) in [7, 11) is 0. The summed E-state index contributed by atoms with van der Waals surface area (Å²) >= 11 is 0. The molecule has 2 aromatic carbocycles. The topological polar surface area (TPSA) is 134 Å². The van der Waals surface area contributed by atoms with E-state index in [0.29, 0.717) is 71.2 Å². The standard InChI is InChI=1S/C33H42N4O5/c34-27(20-24-9-11-26(38)12-10-24)31(40)37-17-13-28-25(22-37)8-4-5-14-33(15-18-42-19-16-33)32(41)36-29(30(39)35-28)21-23-6-2-1-3-7-23/h1-7,9-12,25,27-29,38H,8,13-22,34H2,(H,35,39)(H,36,41)/b5-4+/t25-,27-,28+,29-/m0/s1. The lowest BCUT2D eigenvalue weighted by atomic mass is 9.75. The molecule has 0 radical (unpaired) electrons. The Kier molecular flexibility index (Phi) is 9.59. The highest BCUT2D eigenvalue weighted by Gasteiger charge is 2.42. The van der Waals surface area contributed by atoms with Gasteiger partial charge in [0, 0.05) is 44.7 Å². The number of fused-ring (bicyclic) bond motifs is 1. The number of hydrogen-bond donors (Lipinski definition) is 4. The molecule has 0 saturated carbocycles. The third-order valence-electron chi connectivity index (χ3n) is 9.03. The predicted octanol–water partition coefficient (Wildman–Crippen LogP) is 2.47. The van der Waals surface area contributed by atoms with Gasteiger partial charge in [0.05, 0.1) is 11.5 Å². The fourth-order valence-corrected chi connectivity index (χ4v) is 6.39. The first-order valence-electron chi connectivity index (χ1n) is 15.0. The lowest BCUT2D eigenvalue weighted by molar-refractivity contribution is -0.140. The lowest BCUT2D eigenvalue weighted by Gasteiger charge is -2.41. The number of nitrogens with one attached hydrogen (secondary N) is 2. The number of carbonyl (C=O) groups excluding carboxylic acids is 3. The molecule has 3 aliphatic heterocycles. The van der Waals surface area contributed by atoms with Crippen LogP contribution in [0.3, 0.4) is 0 Å². The number of phenolic OH excluding ortho intramolecular Hbond substituents is 1. The Morgan fingerprint density at radius 3 is 2.50 bits per heavy atom. The second-order valence-electron chi connectivity index (χ2n) is 11.9. The van der Waals surface area contributed by atoms with Gasteiger partial charge < -0.3 is 31.1 Å². The fraction of sp³-hybridized carbons (Fsp3) is 0.485. The molecule has 3 aliphatic rings. The van der Waals surface area contributed by atoms with E-state index in [9.17, 15) is 19.5 Å². The van der Waals surface area contributed by atoms with Gasteiger partial charge >= 0.3 is 0 Å². The quantitative estimate of drug-likeness (QED) is 0.406. The normalized spacial score (nSPS) is 26.1. The van der Waals surface area contributed by atoms with Gasteiger partial charge in [-0.1, -0.05) is 54.6 Å². The second-order valence-corrected chi connectivity index (χ2v) is 11.9. The van der Waals surface area contributed by atoms with E-state index in [-0.39, 0.29) is 35.4 Å². The van der Waals surface area contributed by atoms with Crippen molar-refractivity contribution in [3.05, 3.63) is 77.9 Å². The number of benzene rings is 2. The molecule has 2 saturated heterocycles. The highest BCUT2D eigenvalue weighted by Crippen LogP contribution is 2.36. The first-order chi connectivity index (χ1) is 20.3. The number of amides is 3. The number of rotatable bonds is 5. The Balaban J connectivity index is 1.33. The number of allylic oxidation sites excluding steroid dienone is 2. The highest BCUT2D eigenvalue weighted by atomic mass is 16.5. The highest BCUT2D eigenvalue weighted by molar-refractivity contribution is 5.90. The van der Waals surface area contributed by atoms with E-state index in [1.807, 2.05) is 35.2 Å². The van der Waals surface area contributed by atoms with Crippen molar-refractivity contribution < 1.29 is 24.2 Å². The zero-order valence-electron chi connectivity index (χ0n) is 24.0. The predicted molar refractivity (Wildman–Crippen MR) is 159 cm³/mol. The first-order valence-corrected chi connectivity index (χ1v) is 15.0. The molecule has 0 aromatic heterocycles. The molecule has 0 aliphatic carbocycles. The summed E-state index contributed by atoms with van der Waals surface area (Å²) in [4.78, 5) is 42.7. The van der Waals surface area contributed by atoms with Gasteiger partial charge in [-0.2, -0.15) is 0 Å². The number of nitrogens with two attached hydrogens (primary N) is 1. The molecule has 9 heteroatoms. The number of nitrogens with zero attached hydrogens (tertiary/aromatic N) is 1. The number of likely N-dealkylation sites (tertiary alicyclic amines) is 1. The van der Waals surface area contributed by atoms with Gasteiger partial charge in [0.2, 0.25) is 17.7 Å². The van der Waals surface area contributed by atoms with Crippen LogP contribution < -0.4 is 16.4 Å². The number of phenols is 1.